The zero-order valence-corrected chi connectivity index (χ0v) is 12.4. The van der Waals surface area contributed by atoms with Gasteiger partial charge in [-0.05, 0) is 19.9 Å². The van der Waals surface area contributed by atoms with Gasteiger partial charge in [0.2, 0.25) is 0 Å². The van der Waals surface area contributed by atoms with E-state index in [1.165, 1.54) is 6.42 Å². The molecule has 4 heteroatoms. The molecule has 2 atom stereocenters. The fourth-order valence-corrected chi connectivity index (χ4v) is 3.10. The van der Waals surface area contributed by atoms with Gasteiger partial charge in [0, 0.05) is 24.2 Å². The number of aromatic nitrogens is 1. The van der Waals surface area contributed by atoms with Crippen LogP contribution in [0, 0.1) is 0 Å². The van der Waals surface area contributed by atoms with E-state index in [4.69, 9.17) is 4.52 Å². The number of rotatable bonds is 4. The van der Waals surface area contributed by atoms with Gasteiger partial charge in [0.15, 0.2) is 5.76 Å². The van der Waals surface area contributed by atoms with Crippen LogP contribution in [0.1, 0.15) is 31.4 Å². The first-order chi connectivity index (χ1) is 10.2. The standard InChI is InChI=1S/C17H22N2O2/c1-19(15-9-5-6-10-16(15)20)12-14-11-17(21-18-14)13-7-3-2-4-8-13/h2-4,7-8,11,15-16,20H,5-6,9-10,12H2,1H3. The molecule has 2 unspecified atom stereocenters. The summed E-state index contributed by atoms with van der Waals surface area (Å²) in [6, 6.07) is 12.2. The Kier molecular flexibility index (Phi) is 4.36. The molecule has 21 heavy (non-hydrogen) atoms. The smallest absolute Gasteiger partial charge is 0.167 e. The van der Waals surface area contributed by atoms with Crippen molar-refractivity contribution in [2.24, 2.45) is 0 Å². The molecule has 1 N–H and O–H groups in total. The molecule has 0 radical (unpaired) electrons. The van der Waals surface area contributed by atoms with E-state index in [1.807, 2.05) is 36.4 Å². The first kappa shape index (κ1) is 14.3. The summed E-state index contributed by atoms with van der Waals surface area (Å²) in [6.07, 6.45) is 4.07. The second-order valence-electron chi connectivity index (χ2n) is 5.88. The SMILES string of the molecule is CN(Cc1cc(-c2ccccc2)on1)C1CCCCC1O. The van der Waals surface area contributed by atoms with E-state index in [2.05, 4.69) is 17.1 Å². The molecule has 0 saturated heterocycles. The Balaban J connectivity index is 1.67. The van der Waals surface area contributed by atoms with Gasteiger partial charge in [-0.3, -0.25) is 4.90 Å². The van der Waals surface area contributed by atoms with Gasteiger partial charge < -0.3 is 9.63 Å². The Hall–Kier alpha value is -1.65. The lowest BCUT2D eigenvalue weighted by Crippen LogP contribution is -2.42. The normalized spacial score (nSPS) is 22.6. The van der Waals surface area contributed by atoms with Crippen LogP contribution in [-0.2, 0) is 6.54 Å². The average Bonchev–Trinajstić information content (AvgIpc) is 2.97. The molecule has 0 aliphatic heterocycles. The Bertz CT molecular complexity index is 567. The third-order valence-corrected chi connectivity index (χ3v) is 4.29. The van der Waals surface area contributed by atoms with Gasteiger partial charge in [0.05, 0.1) is 11.8 Å². The minimum atomic E-state index is -0.218. The second kappa shape index (κ2) is 6.41. The van der Waals surface area contributed by atoms with Gasteiger partial charge in [-0.25, -0.2) is 0 Å². The third-order valence-electron chi connectivity index (χ3n) is 4.29. The summed E-state index contributed by atoms with van der Waals surface area (Å²) >= 11 is 0. The van der Waals surface area contributed by atoms with E-state index in [1.54, 1.807) is 0 Å². The van der Waals surface area contributed by atoms with Gasteiger partial charge in [-0.15, -0.1) is 0 Å². The summed E-state index contributed by atoms with van der Waals surface area (Å²) in [6.45, 7) is 0.706. The summed E-state index contributed by atoms with van der Waals surface area (Å²) in [7, 11) is 2.05. The Labute approximate surface area is 125 Å². The molecule has 1 fully saturated rings. The van der Waals surface area contributed by atoms with E-state index in [0.29, 0.717) is 6.54 Å². The van der Waals surface area contributed by atoms with Crippen molar-refractivity contribution in [1.82, 2.24) is 10.1 Å². The molecule has 1 aliphatic carbocycles. The van der Waals surface area contributed by atoms with Crippen LogP contribution in [-0.4, -0.2) is 34.4 Å². The van der Waals surface area contributed by atoms with Crippen molar-refractivity contribution in [3.63, 3.8) is 0 Å². The fraction of sp³-hybridized carbons (Fsp3) is 0.471. The first-order valence-corrected chi connectivity index (χ1v) is 7.63. The van der Waals surface area contributed by atoms with E-state index >= 15 is 0 Å². The molecule has 112 valence electrons. The summed E-state index contributed by atoms with van der Waals surface area (Å²) in [5, 5.41) is 14.3. The largest absolute Gasteiger partial charge is 0.391 e. The van der Waals surface area contributed by atoms with Gasteiger partial charge in [-0.2, -0.15) is 0 Å². The topological polar surface area (TPSA) is 49.5 Å². The number of likely N-dealkylation sites (N-methyl/N-ethyl adjacent to an activating group) is 1. The minimum Gasteiger partial charge on any atom is -0.391 e. The zero-order chi connectivity index (χ0) is 14.7. The van der Waals surface area contributed by atoms with Gasteiger partial charge in [0.1, 0.15) is 0 Å². The van der Waals surface area contributed by atoms with Crippen LogP contribution in [0.25, 0.3) is 11.3 Å². The lowest BCUT2D eigenvalue weighted by atomic mass is 9.91. The number of aliphatic hydroxyl groups excluding tert-OH is 1. The van der Waals surface area contributed by atoms with Crippen LogP contribution < -0.4 is 0 Å². The summed E-state index contributed by atoms with van der Waals surface area (Å²) < 4.78 is 5.43. The van der Waals surface area contributed by atoms with Crippen LogP contribution in [0.2, 0.25) is 0 Å². The average molecular weight is 286 g/mol. The number of hydrogen-bond acceptors (Lipinski definition) is 4. The van der Waals surface area contributed by atoms with Crippen molar-refractivity contribution >= 4 is 0 Å². The quantitative estimate of drug-likeness (QED) is 0.938. The van der Waals surface area contributed by atoms with Crippen molar-refractivity contribution in [2.75, 3.05) is 7.05 Å². The zero-order valence-electron chi connectivity index (χ0n) is 12.4. The van der Waals surface area contributed by atoms with E-state index < -0.39 is 0 Å². The van der Waals surface area contributed by atoms with Gasteiger partial charge in [0.25, 0.3) is 0 Å². The van der Waals surface area contributed by atoms with Gasteiger partial charge >= 0.3 is 0 Å². The monoisotopic (exact) mass is 286 g/mol. The highest BCUT2D eigenvalue weighted by atomic mass is 16.5. The van der Waals surface area contributed by atoms with Crippen molar-refractivity contribution in [2.45, 2.75) is 44.4 Å². The lowest BCUT2D eigenvalue weighted by molar-refractivity contribution is 0.0280. The molecular weight excluding hydrogens is 264 g/mol. The highest BCUT2D eigenvalue weighted by molar-refractivity contribution is 5.56. The molecule has 0 bridgehead atoms. The van der Waals surface area contributed by atoms with Gasteiger partial charge in [-0.1, -0.05) is 48.3 Å². The molecule has 2 aromatic rings. The summed E-state index contributed by atoms with van der Waals surface area (Å²) in [5.74, 6) is 0.795. The first-order valence-electron chi connectivity index (χ1n) is 7.63. The molecule has 4 nitrogen and oxygen atoms in total. The summed E-state index contributed by atoms with van der Waals surface area (Å²) in [5.41, 5.74) is 1.95. The van der Waals surface area contributed by atoms with Crippen LogP contribution in [0.3, 0.4) is 0 Å². The highest BCUT2D eigenvalue weighted by Gasteiger charge is 2.27. The molecule has 1 aromatic heterocycles. The molecular formula is C17H22N2O2. The minimum absolute atomic E-state index is 0.218. The molecule has 1 heterocycles. The Morgan fingerprint density at radius 1 is 1.24 bits per heavy atom. The Morgan fingerprint density at radius 3 is 2.76 bits per heavy atom. The van der Waals surface area contributed by atoms with E-state index in [-0.39, 0.29) is 12.1 Å². The molecule has 0 spiro atoms. The van der Waals surface area contributed by atoms with Crippen LogP contribution in [0.4, 0.5) is 0 Å². The molecule has 3 rings (SSSR count). The Morgan fingerprint density at radius 2 is 2.00 bits per heavy atom. The molecule has 0 amide bonds. The van der Waals surface area contributed by atoms with E-state index in [9.17, 15) is 5.11 Å². The maximum atomic E-state index is 10.1. The van der Waals surface area contributed by atoms with Crippen molar-refractivity contribution < 1.29 is 9.63 Å². The number of hydrogen-bond donors (Lipinski definition) is 1. The highest BCUT2D eigenvalue weighted by Crippen LogP contribution is 2.25. The van der Waals surface area contributed by atoms with Crippen molar-refractivity contribution in [1.29, 1.82) is 0 Å². The number of aliphatic hydroxyl groups is 1. The molecule has 1 aliphatic rings. The maximum Gasteiger partial charge on any atom is 0.167 e. The van der Waals surface area contributed by atoms with Crippen molar-refractivity contribution in [3.05, 3.63) is 42.1 Å². The van der Waals surface area contributed by atoms with Crippen LogP contribution >= 0.6 is 0 Å². The molecule has 1 saturated carbocycles. The molecule has 1 aromatic carbocycles. The lowest BCUT2D eigenvalue weighted by Gasteiger charge is -2.34. The predicted octanol–water partition coefficient (Wildman–Crippen LogP) is 3.08. The number of benzene rings is 1. The van der Waals surface area contributed by atoms with Crippen LogP contribution in [0.5, 0.6) is 0 Å². The third kappa shape index (κ3) is 3.34. The predicted molar refractivity (Wildman–Crippen MR) is 81.7 cm³/mol. The maximum absolute atomic E-state index is 10.1. The van der Waals surface area contributed by atoms with Crippen molar-refractivity contribution in [3.8, 4) is 11.3 Å². The summed E-state index contributed by atoms with van der Waals surface area (Å²) in [4.78, 5) is 2.19. The number of nitrogens with zero attached hydrogens (tertiary/aromatic N) is 2. The fourth-order valence-electron chi connectivity index (χ4n) is 3.10. The van der Waals surface area contributed by atoms with Crippen LogP contribution in [0.15, 0.2) is 40.9 Å². The second-order valence-corrected chi connectivity index (χ2v) is 5.88. The van der Waals surface area contributed by atoms with E-state index in [0.717, 1.165) is 36.3 Å².